The zero-order valence-corrected chi connectivity index (χ0v) is 14.8. The Bertz CT molecular complexity index is 788. The number of anilines is 1. The third kappa shape index (κ3) is 4.52. The van der Waals surface area contributed by atoms with Gasteiger partial charge in [0.25, 0.3) is 5.91 Å². The highest BCUT2D eigenvalue weighted by molar-refractivity contribution is 9.10. The zero-order chi connectivity index (χ0) is 17.7. The molecule has 1 atom stereocenters. The van der Waals surface area contributed by atoms with Gasteiger partial charge in [0.2, 0.25) is 0 Å². The summed E-state index contributed by atoms with van der Waals surface area (Å²) in [5.74, 6) is -1.17. The van der Waals surface area contributed by atoms with Crippen LogP contribution < -0.4 is 5.32 Å². The highest BCUT2D eigenvalue weighted by Gasteiger charge is 2.20. The molecule has 1 N–H and O–H groups in total. The summed E-state index contributed by atoms with van der Waals surface area (Å²) < 4.78 is 5.78. The van der Waals surface area contributed by atoms with E-state index in [1.807, 2.05) is 0 Å². The lowest BCUT2D eigenvalue weighted by Gasteiger charge is -2.14. The highest BCUT2D eigenvalue weighted by atomic mass is 79.9. The van der Waals surface area contributed by atoms with E-state index >= 15 is 0 Å². The van der Waals surface area contributed by atoms with Crippen LogP contribution in [0.4, 0.5) is 5.69 Å². The van der Waals surface area contributed by atoms with Crippen molar-refractivity contribution in [1.82, 2.24) is 0 Å². The molecule has 0 aliphatic rings. The second-order valence-corrected chi connectivity index (χ2v) is 6.01. The number of hydrogen-bond acceptors (Lipinski definition) is 4. The molecule has 0 bridgehead atoms. The molecule has 0 saturated heterocycles. The number of ketones is 1. The Balaban J connectivity index is 2.02. The summed E-state index contributed by atoms with van der Waals surface area (Å²) in [5.41, 5.74) is 1.30. The van der Waals surface area contributed by atoms with E-state index in [-0.39, 0.29) is 5.78 Å². The fourth-order valence-corrected chi connectivity index (χ4v) is 2.41. The fourth-order valence-electron chi connectivity index (χ4n) is 1.96. The van der Waals surface area contributed by atoms with Crippen LogP contribution in [-0.2, 0) is 9.53 Å². The van der Waals surface area contributed by atoms with Crippen molar-refractivity contribution in [2.75, 3.05) is 5.32 Å². The van der Waals surface area contributed by atoms with E-state index in [9.17, 15) is 14.4 Å². The minimum absolute atomic E-state index is 0.0977. The van der Waals surface area contributed by atoms with Gasteiger partial charge in [0.15, 0.2) is 11.9 Å². The van der Waals surface area contributed by atoms with Crippen LogP contribution in [0.3, 0.4) is 0 Å². The molecule has 0 heterocycles. The van der Waals surface area contributed by atoms with Crippen LogP contribution in [0.2, 0.25) is 0 Å². The second kappa shape index (κ2) is 7.88. The van der Waals surface area contributed by atoms with Crippen LogP contribution in [0.25, 0.3) is 0 Å². The van der Waals surface area contributed by atoms with Crippen molar-refractivity contribution in [3.8, 4) is 0 Å². The maximum Gasteiger partial charge on any atom is 0.340 e. The zero-order valence-electron chi connectivity index (χ0n) is 13.2. The van der Waals surface area contributed by atoms with Gasteiger partial charge in [-0.2, -0.15) is 0 Å². The molecule has 0 saturated carbocycles. The number of amides is 1. The van der Waals surface area contributed by atoms with Crippen LogP contribution in [0.15, 0.2) is 53.0 Å². The summed E-state index contributed by atoms with van der Waals surface area (Å²) >= 11 is 3.27. The molecule has 0 radical (unpaired) electrons. The lowest BCUT2D eigenvalue weighted by atomic mass is 10.1. The highest BCUT2D eigenvalue weighted by Crippen LogP contribution is 2.18. The van der Waals surface area contributed by atoms with Crippen LogP contribution in [0.1, 0.15) is 34.6 Å². The molecule has 1 unspecified atom stereocenters. The number of Topliss-reactive ketones (excluding diaryl/α,β-unsaturated/α-hetero) is 1. The number of nitrogens with one attached hydrogen (secondary N) is 1. The SMILES string of the molecule is CC(=O)c1cccc(NC(=O)C(C)OC(=O)c2ccccc2Br)c1. The van der Waals surface area contributed by atoms with Crippen LogP contribution in [0.5, 0.6) is 0 Å². The first-order valence-corrected chi connectivity index (χ1v) is 8.05. The largest absolute Gasteiger partial charge is 0.449 e. The molecule has 0 spiro atoms. The summed E-state index contributed by atoms with van der Waals surface area (Å²) in [4.78, 5) is 35.6. The Morgan fingerprint density at radius 1 is 1.08 bits per heavy atom. The van der Waals surface area contributed by atoms with Gasteiger partial charge in [-0.25, -0.2) is 4.79 Å². The lowest BCUT2D eigenvalue weighted by molar-refractivity contribution is -0.123. The molecule has 2 aromatic carbocycles. The lowest BCUT2D eigenvalue weighted by Crippen LogP contribution is -2.30. The minimum atomic E-state index is -0.981. The molecule has 6 heteroatoms. The summed E-state index contributed by atoms with van der Waals surface area (Å²) in [5, 5.41) is 2.63. The van der Waals surface area contributed by atoms with Gasteiger partial charge in [0, 0.05) is 15.7 Å². The maximum absolute atomic E-state index is 12.2. The number of hydrogen-bond donors (Lipinski definition) is 1. The quantitative estimate of drug-likeness (QED) is 0.622. The van der Waals surface area contributed by atoms with Gasteiger partial charge in [0.05, 0.1) is 5.56 Å². The number of rotatable bonds is 5. The van der Waals surface area contributed by atoms with E-state index in [2.05, 4.69) is 21.2 Å². The molecule has 0 aromatic heterocycles. The van der Waals surface area contributed by atoms with Crippen molar-refractivity contribution < 1.29 is 19.1 Å². The van der Waals surface area contributed by atoms with Gasteiger partial charge in [-0.3, -0.25) is 9.59 Å². The Morgan fingerprint density at radius 2 is 1.79 bits per heavy atom. The number of halogens is 1. The van der Waals surface area contributed by atoms with Crippen molar-refractivity contribution >= 4 is 39.3 Å². The Kier molecular flexibility index (Phi) is 5.87. The van der Waals surface area contributed by atoms with Crippen molar-refractivity contribution in [3.05, 3.63) is 64.1 Å². The standard InChI is InChI=1S/C18H16BrNO4/c1-11(21)13-6-5-7-14(10-13)20-17(22)12(2)24-18(23)15-8-3-4-9-16(15)19/h3-10,12H,1-2H3,(H,20,22). The summed E-state index contributed by atoms with van der Waals surface area (Å²) in [7, 11) is 0. The fraction of sp³-hybridized carbons (Fsp3) is 0.167. The van der Waals surface area contributed by atoms with E-state index in [1.54, 1.807) is 48.5 Å². The third-order valence-corrected chi connectivity index (χ3v) is 3.97. The van der Waals surface area contributed by atoms with Gasteiger partial charge in [0.1, 0.15) is 0 Å². The molecule has 2 rings (SSSR count). The molecule has 5 nitrogen and oxygen atoms in total. The monoisotopic (exact) mass is 389 g/mol. The van der Waals surface area contributed by atoms with Gasteiger partial charge >= 0.3 is 5.97 Å². The van der Waals surface area contributed by atoms with Crippen LogP contribution in [0, 0.1) is 0 Å². The van der Waals surface area contributed by atoms with Crippen molar-refractivity contribution in [2.24, 2.45) is 0 Å². The Morgan fingerprint density at radius 3 is 2.46 bits per heavy atom. The van der Waals surface area contributed by atoms with Gasteiger partial charge in [-0.15, -0.1) is 0 Å². The van der Waals surface area contributed by atoms with Gasteiger partial charge in [-0.05, 0) is 54.0 Å². The molecule has 1 amide bonds. The van der Waals surface area contributed by atoms with Gasteiger partial charge < -0.3 is 10.1 Å². The first-order valence-electron chi connectivity index (χ1n) is 7.26. The molecular formula is C18H16BrNO4. The van der Waals surface area contributed by atoms with Crippen molar-refractivity contribution in [3.63, 3.8) is 0 Å². The maximum atomic E-state index is 12.2. The predicted octanol–water partition coefficient (Wildman–Crippen LogP) is 3.84. The normalized spacial score (nSPS) is 11.5. The molecule has 0 fully saturated rings. The average Bonchev–Trinajstić information content (AvgIpc) is 2.55. The first-order chi connectivity index (χ1) is 11.4. The number of carbonyl (C=O) groups excluding carboxylic acids is 3. The van der Waals surface area contributed by atoms with E-state index in [1.165, 1.54) is 13.8 Å². The van der Waals surface area contributed by atoms with Gasteiger partial charge in [-0.1, -0.05) is 24.3 Å². The summed E-state index contributed by atoms with van der Waals surface area (Å²) in [6.07, 6.45) is -0.981. The van der Waals surface area contributed by atoms with Crippen LogP contribution in [-0.4, -0.2) is 23.8 Å². The van der Waals surface area contributed by atoms with E-state index < -0.39 is 18.0 Å². The third-order valence-electron chi connectivity index (χ3n) is 3.28. The Labute approximate surface area is 148 Å². The smallest absolute Gasteiger partial charge is 0.340 e. The second-order valence-electron chi connectivity index (χ2n) is 5.15. The summed E-state index contributed by atoms with van der Waals surface area (Å²) in [6, 6.07) is 13.4. The van der Waals surface area contributed by atoms with Crippen LogP contribution >= 0.6 is 15.9 Å². The predicted molar refractivity (Wildman–Crippen MR) is 94.1 cm³/mol. The first kappa shape index (κ1) is 17.9. The molecule has 124 valence electrons. The summed E-state index contributed by atoms with van der Waals surface area (Å²) in [6.45, 7) is 2.93. The number of ether oxygens (including phenoxy) is 1. The van der Waals surface area contributed by atoms with E-state index in [4.69, 9.17) is 4.74 Å². The molecule has 0 aliphatic heterocycles. The average molecular weight is 390 g/mol. The van der Waals surface area contributed by atoms with Crippen molar-refractivity contribution in [2.45, 2.75) is 20.0 Å². The number of carbonyl (C=O) groups is 3. The molecule has 2 aromatic rings. The van der Waals surface area contributed by atoms with E-state index in [0.29, 0.717) is 21.3 Å². The molecular weight excluding hydrogens is 374 g/mol. The number of benzene rings is 2. The number of esters is 1. The Hall–Kier alpha value is -2.47. The molecule has 24 heavy (non-hydrogen) atoms. The van der Waals surface area contributed by atoms with Crippen molar-refractivity contribution in [1.29, 1.82) is 0 Å². The molecule has 0 aliphatic carbocycles. The van der Waals surface area contributed by atoms with E-state index in [0.717, 1.165) is 0 Å². The minimum Gasteiger partial charge on any atom is -0.449 e. The topological polar surface area (TPSA) is 72.5 Å².